The van der Waals surface area contributed by atoms with Crippen molar-refractivity contribution in [3.8, 4) is 17.2 Å². The van der Waals surface area contributed by atoms with Gasteiger partial charge in [0.05, 0.1) is 13.2 Å². The predicted octanol–water partition coefficient (Wildman–Crippen LogP) is 3.66. The van der Waals surface area contributed by atoms with Gasteiger partial charge in [0.15, 0.2) is 6.10 Å². The quantitative estimate of drug-likeness (QED) is 0.783. The van der Waals surface area contributed by atoms with Gasteiger partial charge in [-0.15, -0.1) is 0 Å². The zero-order valence-electron chi connectivity index (χ0n) is 16.0. The lowest BCUT2D eigenvalue weighted by molar-refractivity contribution is -0.128. The topological polar surface area (TPSA) is 56.8 Å². The number of nitrogens with one attached hydrogen (secondary N) is 1. The highest BCUT2D eigenvalue weighted by Gasteiger charge is 2.18. The first-order valence-corrected chi connectivity index (χ1v) is 8.70. The molecule has 0 aliphatic heterocycles. The van der Waals surface area contributed by atoms with Gasteiger partial charge >= 0.3 is 0 Å². The SMILES string of the molecule is COc1ccc(OCC(C)NC(=O)C(C)Oc2cccc(C)c2C)cc1. The highest BCUT2D eigenvalue weighted by Crippen LogP contribution is 2.22. The van der Waals surface area contributed by atoms with Gasteiger partial charge in [0.25, 0.3) is 5.91 Å². The van der Waals surface area contributed by atoms with E-state index in [0.29, 0.717) is 6.61 Å². The number of rotatable bonds is 8. The number of ether oxygens (including phenoxy) is 3. The lowest BCUT2D eigenvalue weighted by Crippen LogP contribution is -2.43. The zero-order chi connectivity index (χ0) is 19.1. The van der Waals surface area contributed by atoms with E-state index in [2.05, 4.69) is 5.32 Å². The van der Waals surface area contributed by atoms with Gasteiger partial charge in [-0.25, -0.2) is 0 Å². The third-order valence-electron chi connectivity index (χ3n) is 4.18. The lowest BCUT2D eigenvalue weighted by atomic mass is 10.1. The number of carbonyl (C=O) groups is 1. The van der Waals surface area contributed by atoms with Crippen molar-refractivity contribution in [2.24, 2.45) is 0 Å². The van der Waals surface area contributed by atoms with Crippen molar-refractivity contribution in [1.29, 1.82) is 0 Å². The van der Waals surface area contributed by atoms with E-state index in [9.17, 15) is 4.79 Å². The number of carbonyl (C=O) groups excluding carboxylic acids is 1. The molecule has 0 saturated carbocycles. The molecular weight excluding hydrogens is 330 g/mol. The first-order chi connectivity index (χ1) is 12.4. The molecule has 5 heteroatoms. The van der Waals surface area contributed by atoms with Crippen molar-refractivity contribution >= 4 is 5.91 Å². The fourth-order valence-electron chi connectivity index (χ4n) is 2.39. The average molecular weight is 357 g/mol. The van der Waals surface area contributed by atoms with Crippen LogP contribution in [0.15, 0.2) is 42.5 Å². The third kappa shape index (κ3) is 5.41. The van der Waals surface area contributed by atoms with Crippen molar-refractivity contribution in [2.75, 3.05) is 13.7 Å². The van der Waals surface area contributed by atoms with E-state index >= 15 is 0 Å². The van der Waals surface area contributed by atoms with E-state index < -0.39 is 6.10 Å². The molecule has 26 heavy (non-hydrogen) atoms. The van der Waals surface area contributed by atoms with Crippen LogP contribution in [0.2, 0.25) is 0 Å². The number of hydrogen-bond donors (Lipinski definition) is 1. The Balaban J connectivity index is 1.82. The Hall–Kier alpha value is -2.69. The summed E-state index contributed by atoms with van der Waals surface area (Å²) in [7, 11) is 1.62. The molecule has 0 saturated heterocycles. The minimum absolute atomic E-state index is 0.144. The maximum Gasteiger partial charge on any atom is 0.261 e. The fraction of sp³-hybridized carbons (Fsp3) is 0.381. The van der Waals surface area contributed by atoms with Crippen LogP contribution in [0, 0.1) is 13.8 Å². The Morgan fingerprint density at radius 3 is 2.35 bits per heavy atom. The summed E-state index contributed by atoms with van der Waals surface area (Å²) in [5.74, 6) is 2.06. The summed E-state index contributed by atoms with van der Waals surface area (Å²) < 4.78 is 16.6. The van der Waals surface area contributed by atoms with Crippen LogP contribution in [0.25, 0.3) is 0 Å². The smallest absolute Gasteiger partial charge is 0.261 e. The summed E-state index contributed by atoms with van der Waals surface area (Å²) in [5.41, 5.74) is 2.18. The van der Waals surface area contributed by atoms with Crippen LogP contribution >= 0.6 is 0 Å². The summed E-state index contributed by atoms with van der Waals surface area (Å²) in [5, 5.41) is 2.91. The number of benzene rings is 2. The van der Waals surface area contributed by atoms with Gasteiger partial charge in [-0.1, -0.05) is 12.1 Å². The van der Waals surface area contributed by atoms with Crippen LogP contribution in [0.4, 0.5) is 0 Å². The number of hydrogen-bond acceptors (Lipinski definition) is 4. The second kappa shape index (κ2) is 9.13. The summed E-state index contributed by atoms with van der Waals surface area (Å²) >= 11 is 0. The number of methoxy groups -OCH3 is 1. The Labute approximate surface area is 155 Å². The second-order valence-corrected chi connectivity index (χ2v) is 6.35. The Kier molecular flexibility index (Phi) is 6.89. The monoisotopic (exact) mass is 357 g/mol. The van der Waals surface area contributed by atoms with Crippen LogP contribution in [0.5, 0.6) is 17.2 Å². The number of aryl methyl sites for hydroxylation is 1. The molecule has 2 aromatic rings. The van der Waals surface area contributed by atoms with Gasteiger partial charge in [0.1, 0.15) is 23.9 Å². The van der Waals surface area contributed by atoms with Gasteiger partial charge in [0.2, 0.25) is 0 Å². The van der Waals surface area contributed by atoms with Crippen LogP contribution in [-0.4, -0.2) is 31.8 Å². The molecule has 0 aliphatic carbocycles. The maximum atomic E-state index is 12.3. The highest BCUT2D eigenvalue weighted by molar-refractivity contribution is 5.81. The molecule has 2 rings (SSSR count). The Morgan fingerprint density at radius 2 is 1.69 bits per heavy atom. The van der Waals surface area contributed by atoms with Crippen LogP contribution in [0.1, 0.15) is 25.0 Å². The summed E-state index contributed by atoms with van der Waals surface area (Å²) in [6, 6.07) is 13.0. The van der Waals surface area contributed by atoms with Crippen molar-refractivity contribution in [1.82, 2.24) is 5.32 Å². The normalized spacial score (nSPS) is 12.8. The fourth-order valence-corrected chi connectivity index (χ4v) is 2.39. The molecule has 0 spiro atoms. The maximum absolute atomic E-state index is 12.3. The molecule has 0 aromatic heterocycles. The molecule has 140 valence electrons. The van der Waals surface area contributed by atoms with Crippen LogP contribution < -0.4 is 19.5 Å². The van der Waals surface area contributed by atoms with Gasteiger partial charge in [-0.2, -0.15) is 0 Å². The molecule has 2 aromatic carbocycles. The Morgan fingerprint density at radius 1 is 1.04 bits per heavy atom. The average Bonchev–Trinajstić information content (AvgIpc) is 2.64. The molecule has 0 aliphatic rings. The zero-order valence-corrected chi connectivity index (χ0v) is 16.0. The molecule has 2 atom stereocenters. The minimum atomic E-state index is -0.584. The van der Waals surface area contributed by atoms with Gasteiger partial charge in [-0.3, -0.25) is 4.79 Å². The summed E-state index contributed by atoms with van der Waals surface area (Å²) in [6.45, 7) is 8.01. The minimum Gasteiger partial charge on any atom is -0.497 e. The van der Waals surface area contributed by atoms with Crippen LogP contribution in [0.3, 0.4) is 0 Å². The third-order valence-corrected chi connectivity index (χ3v) is 4.18. The lowest BCUT2D eigenvalue weighted by Gasteiger charge is -2.20. The van der Waals surface area contributed by atoms with E-state index in [1.54, 1.807) is 14.0 Å². The summed E-state index contributed by atoms with van der Waals surface area (Å²) in [6.07, 6.45) is -0.584. The highest BCUT2D eigenvalue weighted by atomic mass is 16.5. The standard InChI is InChI=1S/C21H27NO4/c1-14-7-6-8-20(16(14)3)26-17(4)21(23)22-15(2)13-25-19-11-9-18(24-5)10-12-19/h6-12,15,17H,13H2,1-5H3,(H,22,23). The molecular formula is C21H27NO4. The van der Waals surface area contributed by atoms with E-state index in [1.165, 1.54) is 0 Å². The largest absolute Gasteiger partial charge is 0.497 e. The molecule has 1 amide bonds. The molecule has 5 nitrogen and oxygen atoms in total. The first kappa shape index (κ1) is 19.6. The molecule has 0 radical (unpaired) electrons. The van der Waals surface area contributed by atoms with E-state index in [4.69, 9.17) is 14.2 Å². The molecule has 1 N–H and O–H groups in total. The van der Waals surface area contributed by atoms with Gasteiger partial charge in [0, 0.05) is 0 Å². The molecule has 0 fully saturated rings. The van der Waals surface area contributed by atoms with E-state index in [-0.39, 0.29) is 11.9 Å². The summed E-state index contributed by atoms with van der Waals surface area (Å²) in [4.78, 5) is 12.3. The molecule has 0 bridgehead atoms. The van der Waals surface area contributed by atoms with E-state index in [1.807, 2.05) is 63.2 Å². The molecule has 0 heterocycles. The molecule has 2 unspecified atom stereocenters. The Bertz CT molecular complexity index is 727. The van der Waals surface area contributed by atoms with Gasteiger partial charge < -0.3 is 19.5 Å². The predicted molar refractivity (Wildman–Crippen MR) is 102 cm³/mol. The van der Waals surface area contributed by atoms with Gasteiger partial charge in [-0.05, 0) is 69.2 Å². The van der Waals surface area contributed by atoms with Crippen LogP contribution in [-0.2, 0) is 4.79 Å². The second-order valence-electron chi connectivity index (χ2n) is 6.35. The van der Waals surface area contributed by atoms with Crippen molar-refractivity contribution in [3.63, 3.8) is 0 Å². The van der Waals surface area contributed by atoms with Crippen molar-refractivity contribution in [2.45, 2.75) is 39.8 Å². The first-order valence-electron chi connectivity index (χ1n) is 8.70. The van der Waals surface area contributed by atoms with Crippen molar-refractivity contribution < 1.29 is 19.0 Å². The van der Waals surface area contributed by atoms with Crippen molar-refractivity contribution in [3.05, 3.63) is 53.6 Å². The van der Waals surface area contributed by atoms with E-state index in [0.717, 1.165) is 28.4 Å². The number of amides is 1.